The van der Waals surface area contributed by atoms with Crippen LogP contribution in [-0.2, 0) is 9.47 Å². The van der Waals surface area contributed by atoms with Crippen LogP contribution in [0.3, 0.4) is 0 Å². The lowest BCUT2D eigenvalue weighted by molar-refractivity contribution is 0.102. The molecule has 8 heteroatoms. The fraction of sp³-hybridized carbons (Fsp3) is 0.381. The lowest BCUT2D eigenvalue weighted by atomic mass is 10.1. The molecule has 0 unspecified atom stereocenters. The van der Waals surface area contributed by atoms with Gasteiger partial charge >= 0.3 is 0 Å². The second-order valence-corrected chi connectivity index (χ2v) is 8.30. The van der Waals surface area contributed by atoms with Crippen LogP contribution in [0.4, 0.5) is 17.1 Å². The maximum Gasteiger partial charge on any atom is 0.257 e. The van der Waals surface area contributed by atoms with E-state index in [0.717, 1.165) is 60.9 Å². The molecule has 2 aliphatic rings. The Kier molecular flexibility index (Phi) is 6.60. The minimum atomic E-state index is -0.226. The zero-order valence-corrected chi connectivity index (χ0v) is 18.3. The molecule has 0 aliphatic carbocycles. The molecule has 2 heterocycles. The molecule has 154 valence electrons. The smallest absolute Gasteiger partial charge is 0.257 e. The van der Waals surface area contributed by atoms with Crippen molar-refractivity contribution in [1.29, 1.82) is 0 Å². The van der Waals surface area contributed by atoms with E-state index in [0.29, 0.717) is 23.8 Å². The summed E-state index contributed by atoms with van der Waals surface area (Å²) in [4.78, 5) is 17.5. The standard InChI is InChI=1S/C21H23BrClN3O3/c22-15-1-3-17(18(23)13-15)21(27)24-19-4-2-16(25-5-9-28-10-6-25)14-20(19)26-7-11-29-12-8-26/h1-4,13-14H,5-12H2,(H,24,27). The molecule has 0 atom stereocenters. The summed E-state index contributed by atoms with van der Waals surface area (Å²) in [6.45, 7) is 6.11. The summed E-state index contributed by atoms with van der Waals surface area (Å²) < 4.78 is 11.8. The molecule has 2 aliphatic heterocycles. The van der Waals surface area contributed by atoms with Crippen molar-refractivity contribution in [3.63, 3.8) is 0 Å². The molecule has 0 spiro atoms. The Morgan fingerprint density at radius 3 is 2.24 bits per heavy atom. The van der Waals surface area contributed by atoms with Gasteiger partial charge in [-0.2, -0.15) is 0 Å². The first-order chi connectivity index (χ1) is 14.1. The van der Waals surface area contributed by atoms with Crippen LogP contribution < -0.4 is 15.1 Å². The van der Waals surface area contributed by atoms with Crippen molar-refractivity contribution < 1.29 is 14.3 Å². The third-order valence-corrected chi connectivity index (χ3v) is 5.94. The fourth-order valence-corrected chi connectivity index (χ4v) is 4.33. The molecule has 0 bridgehead atoms. The highest BCUT2D eigenvalue weighted by Gasteiger charge is 2.20. The minimum absolute atomic E-state index is 0.226. The van der Waals surface area contributed by atoms with Gasteiger partial charge in [-0.15, -0.1) is 0 Å². The maximum atomic E-state index is 12.9. The number of amides is 1. The van der Waals surface area contributed by atoms with Crippen LogP contribution >= 0.6 is 27.5 Å². The monoisotopic (exact) mass is 479 g/mol. The van der Waals surface area contributed by atoms with Crippen molar-refractivity contribution >= 4 is 50.5 Å². The molecule has 2 aromatic rings. The number of benzene rings is 2. The number of hydrogen-bond acceptors (Lipinski definition) is 5. The Hall–Kier alpha value is -1.80. The van der Waals surface area contributed by atoms with Gasteiger partial charge in [0.25, 0.3) is 5.91 Å². The molecule has 0 saturated carbocycles. The first kappa shape index (κ1) is 20.5. The van der Waals surface area contributed by atoms with Crippen LogP contribution in [0.15, 0.2) is 40.9 Å². The van der Waals surface area contributed by atoms with E-state index in [9.17, 15) is 4.79 Å². The summed E-state index contributed by atoms with van der Waals surface area (Å²) in [5.74, 6) is -0.226. The predicted octanol–water partition coefficient (Wildman–Crippen LogP) is 4.03. The number of ether oxygens (including phenoxy) is 2. The lowest BCUT2D eigenvalue weighted by Gasteiger charge is -2.33. The summed E-state index contributed by atoms with van der Waals surface area (Å²) in [6.07, 6.45) is 0. The summed E-state index contributed by atoms with van der Waals surface area (Å²) in [5, 5.41) is 3.46. The second kappa shape index (κ2) is 9.34. The third-order valence-electron chi connectivity index (χ3n) is 5.13. The normalized spacial score (nSPS) is 17.3. The summed E-state index contributed by atoms with van der Waals surface area (Å²) in [7, 11) is 0. The topological polar surface area (TPSA) is 54.0 Å². The van der Waals surface area contributed by atoms with Crippen molar-refractivity contribution in [2.45, 2.75) is 0 Å². The molecule has 2 fully saturated rings. The summed E-state index contributed by atoms with van der Waals surface area (Å²) in [5.41, 5.74) is 3.35. The van der Waals surface area contributed by atoms with E-state index in [-0.39, 0.29) is 5.91 Å². The number of carbonyl (C=O) groups excluding carboxylic acids is 1. The van der Waals surface area contributed by atoms with Crippen LogP contribution in [0, 0.1) is 0 Å². The minimum Gasteiger partial charge on any atom is -0.378 e. The highest BCUT2D eigenvalue weighted by atomic mass is 79.9. The number of halogens is 2. The van der Waals surface area contributed by atoms with Gasteiger partial charge in [0.1, 0.15) is 0 Å². The quantitative estimate of drug-likeness (QED) is 0.716. The zero-order chi connectivity index (χ0) is 20.2. The fourth-order valence-electron chi connectivity index (χ4n) is 3.57. The summed E-state index contributed by atoms with van der Waals surface area (Å²) in [6, 6.07) is 11.4. The highest BCUT2D eigenvalue weighted by molar-refractivity contribution is 9.10. The van der Waals surface area contributed by atoms with Crippen molar-refractivity contribution in [3.8, 4) is 0 Å². The van der Waals surface area contributed by atoms with Gasteiger partial charge in [-0.3, -0.25) is 4.79 Å². The van der Waals surface area contributed by atoms with Gasteiger partial charge < -0.3 is 24.6 Å². The van der Waals surface area contributed by atoms with Gasteiger partial charge in [0, 0.05) is 36.3 Å². The Bertz CT molecular complexity index is 883. The molecule has 29 heavy (non-hydrogen) atoms. The number of nitrogens with one attached hydrogen (secondary N) is 1. The SMILES string of the molecule is O=C(Nc1ccc(N2CCOCC2)cc1N1CCOCC1)c1ccc(Br)cc1Cl. The van der Waals surface area contributed by atoms with Gasteiger partial charge in [-0.05, 0) is 36.4 Å². The number of nitrogens with zero attached hydrogens (tertiary/aromatic N) is 2. The Balaban J connectivity index is 1.62. The molecule has 2 aromatic carbocycles. The maximum absolute atomic E-state index is 12.9. The molecule has 0 aromatic heterocycles. The van der Waals surface area contributed by atoms with Crippen molar-refractivity contribution in [2.75, 3.05) is 67.7 Å². The first-order valence-corrected chi connectivity index (χ1v) is 10.8. The molecular formula is C21H23BrClN3O3. The second-order valence-electron chi connectivity index (χ2n) is 6.98. The Morgan fingerprint density at radius 1 is 0.931 bits per heavy atom. The van der Waals surface area contributed by atoms with E-state index in [2.05, 4.69) is 37.1 Å². The van der Waals surface area contributed by atoms with Crippen LogP contribution in [0.2, 0.25) is 5.02 Å². The highest BCUT2D eigenvalue weighted by Crippen LogP contribution is 2.33. The lowest BCUT2D eigenvalue weighted by Crippen LogP contribution is -2.38. The van der Waals surface area contributed by atoms with Crippen LogP contribution in [0.25, 0.3) is 0 Å². The Labute approximate surface area is 183 Å². The average Bonchev–Trinajstić information content (AvgIpc) is 2.75. The molecule has 1 N–H and O–H groups in total. The molecular weight excluding hydrogens is 458 g/mol. The van der Waals surface area contributed by atoms with E-state index in [4.69, 9.17) is 21.1 Å². The van der Waals surface area contributed by atoms with E-state index in [1.165, 1.54) is 0 Å². The molecule has 6 nitrogen and oxygen atoms in total. The Morgan fingerprint density at radius 2 is 1.59 bits per heavy atom. The number of anilines is 3. The van der Waals surface area contributed by atoms with Gasteiger partial charge in [0.2, 0.25) is 0 Å². The van der Waals surface area contributed by atoms with Crippen molar-refractivity contribution in [1.82, 2.24) is 0 Å². The van der Waals surface area contributed by atoms with Crippen molar-refractivity contribution in [3.05, 3.63) is 51.5 Å². The predicted molar refractivity (Wildman–Crippen MR) is 120 cm³/mol. The van der Waals surface area contributed by atoms with Gasteiger partial charge in [0.15, 0.2) is 0 Å². The van der Waals surface area contributed by atoms with Crippen LogP contribution in [0.5, 0.6) is 0 Å². The first-order valence-electron chi connectivity index (χ1n) is 9.67. The van der Waals surface area contributed by atoms with Crippen LogP contribution in [0.1, 0.15) is 10.4 Å². The molecule has 2 saturated heterocycles. The molecule has 1 amide bonds. The van der Waals surface area contributed by atoms with E-state index in [1.807, 2.05) is 18.2 Å². The molecule has 0 radical (unpaired) electrons. The van der Waals surface area contributed by atoms with Crippen LogP contribution in [-0.4, -0.2) is 58.5 Å². The number of carbonyl (C=O) groups is 1. The largest absolute Gasteiger partial charge is 0.378 e. The van der Waals surface area contributed by atoms with E-state index >= 15 is 0 Å². The zero-order valence-electron chi connectivity index (χ0n) is 16.0. The number of rotatable bonds is 4. The third kappa shape index (κ3) is 4.86. The number of hydrogen-bond donors (Lipinski definition) is 1. The number of morpholine rings is 2. The van der Waals surface area contributed by atoms with E-state index < -0.39 is 0 Å². The van der Waals surface area contributed by atoms with Crippen molar-refractivity contribution in [2.24, 2.45) is 0 Å². The van der Waals surface area contributed by atoms with Gasteiger partial charge in [0.05, 0.1) is 48.4 Å². The molecule has 4 rings (SSSR count). The van der Waals surface area contributed by atoms with Gasteiger partial charge in [-0.25, -0.2) is 0 Å². The average molecular weight is 481 g/mol. The van der Waals surface area contributed by atoms with E-state index in [1.54, 1.807) is 12.1 Å². The van der Waals surface area contributed by atoms with Gasteiger partial charge in [-0.1, -0.05) is 27.5 Å². The summed E-state index contributed by atoms with van der Waals surface area (Å²) >= 11 is 9.64.